The molecule has 9 heavy (non-hydrogen) atoms. The molecule has 0 aromatic heterocycles. The van der Waals surface area contributed by atoms with Gasteiger partial charge in [0.1, 0.15) is 0 Å². The van der Waals surface area contributed by atoms with Gasteiger partial charge in [-0.15, -0.1) is 0 Å². The van der Waals surface area contributed by atoms with Crippen LogP contribution in [0.25, 0.3) is 0 Å². The van der Waals surface area contributed by atoms with E-state index in [2.05, 4.69) is 33.8 Å². The minimum atomic E-state index is 0.361. The second kappa shape index (κ2) is 1.86. The average Bonchev–Trinajstić information content (AvgIpc) is 1.96. The van der Waals surface area contributed by atoms with Crippen LogP contribution in [-0.4, -0.2) is 0 Å². The van der Waals surface area contributed by atoms with Gasteiger partial charge in [-0.3, -0.25) is 0 Å². The number of allylic oxidation sites excluding steroid dienone is 2. The van der Waals surface area contributed by atoms with Crippen LogP contribution in [0.3, 0.4) is 0 Å². The fourth-order valence-corrected chi connectivity index (χ4v) is 1.20. The Bertz CT molecular complexity index is 140. The monoisotopic (exact) mass is 123 g/mol. The molecule has 0 fully saturated rings. The predicted molar refractivity (Wildman–Crippen MR) is 41.0 cm³/mol. The molecular formula is C9H15. The van der Waals surface area contributed by atoms with Gasteiger partial charge in [-0.25, -0.2) is 0 Å². The zero-order chi connectivity index (χ0) is 7.07. The topological polar surface area (TPSA) is 0 Å². The van der Waals surface area contributed by atoms with Gasteiger partial charge in [0.2, 0.25) is 0 Å². The number of hydrogen-bond donors (Lipinski definition) is 0. The van der Waals surface area contributed by atoms with Gasteiger partial charge in [0, 0.05) is 0 Å². The smallest absolute Gasteiger partial charge is 0.0116 e. The van der Waals surface area contributed by atoms with Crippen LogP contribution in [0.4, 0.5) is 0 Å². The normalized spacial score (nSPS) is 32.4. The van der Waals surface area contributed by atoms with Gasteiger partial charge >= 0.3 is 0 Å². The molecule has 0 amide bonds. The maximum absolute atomic E-state index is 4.09. The molecule has 0 spiro atoms. The van der Waals surface area contributed by atoms with Crippen molar-refractivity contribution in [1.82, 2.24) is 0 Å². The summed E-state index contributed by atoms with van der Waals surface area (Å²) in [6.07, 6.45) is 3.47. The molecule has 1 radical (unpaired) electrons. The van der Waals surface area contributed by atoms with Crippen LogP contribution in [0, 0.1) is 18.3 Å². The van der Waals surface area contributed by atoms with Crippen LogP contribution in [0.5, 0.6) is 0 Å². The fourth-order valence-electron chi connectivity index (χ4n) is 1.20. The van der Waals surface area contributed by atoms with Gasteiger partial charge < -0.3 is 0 Å². The van der Waals surface area contributed by atoms with Crippen LogP contribution < -0.4 is 0 Å². The van der Waals surface area contributed by atoms with Crippen LogP contribution in [-0.2, 0) is 0 Å². The largest absolute Gasteiger partial charge is 0.0848 e. The van der Waals surface area contributed by atoms with E-state index in [0.29, 0.717) is 11.3 Å². The Hall–Kier alpha value is -0.260. The van der Waals surface area contributed by atoms with Crippen molar-refractivity contribution in [3.05, 3.63) is 18.6 Å². The van der Waals surface area contributed by atoms with Crippen molar-refractivity contribution in [2.75, 3.05) is 0 Å². The second-order valence-corrected chi connectivity index (χ2v) is 3.54. The summed E-state index contributed by atoms with van der Waals surface area (Å²) in [4.78, 5) is 0. The molecule has 0 saturated carbocycles. The fraction of sp³-hybridized carbons (Fsp3) is 0.667. The van der Waals surface area contributed by atoms with E-state index in [1.54, 1.807) is 0 Å². The molecule has 1 unspecified atom stereocenters. The van der Waals surface area contributed by atoms with E-state index < -0.39 is 0 Å². The van der Waals surface area contributed by atoms with Gasteiger partial charge in [-0.1, -0.05) is 25.5 Å². The molecule has 1 atom stereocenters. The standard InChI is InChI=1S/C9H15/c1-7-5-6-8(2)9(7,3)4/h6-7H,1,5H2,2-4H3. The highest BCUT2D eigenvalue weighted by atomic mass is 14.4. The van der Waals surface area contributed by atoms with E-state index >= 15 is 0 Å². The van der Waals surface area contributed by atoms with Crippen molar-refractivity contribution < 1.29 is 0 Å². The Kier molecular flexibility index (Phi) is 1.42. The van der Waals surface area contributed by atoms with Gasteiger partial charge in [0.05, 0.1) is 0 Å². The SMILES string of the molecule is [CH2]C1CC=C(C)C1(C)C. The highest BCUT2D eigenvalue weighted by Gasteiger charge is 2.30. The Morgan fingerprint density at radius 2 is 2.22 bits per heavy atom. The first-order chi connectivity index (χ1) is 4.05. The maximum Gasteiger partial charge on any atom is -0.0116 e. The summed E-state index contributed by atoms with van der Waals surface area (Å²) < 4.78 is 0. The molecule has 0 heteroatoms. The molecule has 1 aliphatic rings. The molecule has 0 aromatic carbocycles. The van der Waals surface area contributed by atoms with E-state index in [-0.39, 0.29) is 0 Å². The van der Waals surface area contributed by atoms with Gasteiger partial charge in [0.15, 0.2) is 0 Å². The third kappa shape index (κ3) is 0.910. The average molecular weight is 123 g/mol. The van der Waals surface area contributed by atoms with E-state index in [1.807, 2.05) is 0 Å². The lowest BCUT2D eigenvalue weighted by Gasteiger charge is -2.25. The maximum atomic E-state index is 4.09. The minimum absolute atomic E-state index is 0.361. The summed E-state index contributed by atoms with van der Waals surface area (Å²) in [7, 11) is 0. The quantitative estimate of drug-likeness (QED) is 0.434. The predicted octanol–water partition coefficient (Wildman–Crippen LogP) is 2.81. The summed E-state index contributed by atoms with van der Waals surface area (Å²) in [6, 6.07) is 0. The van der Waals surface area contributed by atoms with Crippen molar-refractivity contribution in [2.45, 2.75) is 27.2 Å². The summed E-state index contributed by atoms with van der Waals surface area (Å²) in [5, 5.41) is 0. The molecule has 0 N–H and O–H groups in total. The van der Waals surface area contributed by atoms with Crippen LogP contribution in [0.1, 0.15) is 27.2 Å². The zero-order valence-corrected chi connectivity index (χ0v) is 6.57. The molecule has 0 heterocycles. The summed E-state index contributed by atoms with van der Waals surface area (Å²) in [5.41, 5.74) is 1.86. The first-order valence-corrected chi connectivity index (χ1v) is 3.55. The first kappa shape index (κ1) is 6.85. The van der Waals surface area contributed by atoms with Crippen molar-refractivity contribution >= 4 is 0 Å². The van der Waals surface area contributed by atoms with Gasteiger partial charge in [0.25, 0.3) is 0 Å². The Morgan fingerprint density at radius 1 is 1.67 bits per heavy atom. The van der Waals surface area contributed by atoms with E-state index in [4.69, 9.17) is 0 Å². The minimum Gasteiger partial charge on any atom is -0.0848 e. The van der Waals surface area contributed by atoms with Crippen molar-refractivity contribution in [3.8, 4) is 0 Å². The molecular weight excluding hydrogens is 108 g/mol. The molecule has 0 nitrogen and oxygen atoms in total. The van der Waals surface area contributed by atoms with E-state index in [1.165, 1.54) is 12.0 Å². The third-order valence-corrected chi connectivity index (χ3v) is 2.75. The summed E-state index contributed by atoms with van der Waals surface area (Å²) in [5.74, 6) is 0.595. The van der Waals surface area contributed by atoms with Crippen molar-refractivity contribution in [2.24, 2.45) is 11.3 Å². The lowest BCUT2D eigenvalue weighted by Crippen LogP contribution is -2.17. The van der Waals surface area contributed by atoms with Crippen LogP contribution >= 0.6 is 0 Å². The highest BCUT2D eigenvalue weighted by molar-refractivity contribution is 5.18. The van der Waals surface area contributed by atoms with Gasteiger partial charge in [-0.2, -0.15) is 0 Å². The molecule has 0 aromatic rings. The molecule has 1 rings (SSSR count). The Labute approximate surface area is 58.0 Å². The van der Waals surface area contributed by atoms with Crippen LogP contribution in [0.2, 0.25) is 0 Å². The van der Waals surface area contributed by atoms with E-state index in [9.17, 15) is 0 Å². The Balaban J connectivity index is 2.81. The third-order valence-electron chi connectivity index (χ3n) is 2.75. The van der Waals surface area contributed by atoms with Crippen molar-refractivity contribution in [1.29, 1.82) is 0 Å². The second-order valence-electron chi connectivity index (χ2n) is 3.54. The van der Waals surface area contributed by atoms with E-state index in [0.717, 1.165) is 0 Å². The molecule has 51 valence electrons. The highest BCUT2D eigenvalue weighted by Crippen LogP contribution is 2.41. The van der Waals surface area contributed by atoms with Crippen LogP contribution in [0.15, 0.2) is 11.6 Å². The molecule has 1 aliphatic carbocycles. The lowest BCUT2D eigenvalue weighted by molar-refractivity contribution is 0.349. The summed E-state index contributed by atoms with van der Waals surface area (Å²) in [6.45, 7) is 10.8. The van der Waals surface area contributed by atoms with Crippen molar-refractivity contribution in [3.63, 3.8) is 0 Å². The zero-order valence-electron chi connectivity index (χ0n) is 6.57. The molecule has 0 bridgehead atoms. The lowest BCUT2D eigenvalue weighted by atomic mass is 9.79. The number of hydrogen-bond acceptors (Lipinski definition) is 0. The first-order valence-electron chi connectivity index (χ1n) is 3.55. The number of rotatable bonds is 0. The Morgan fingerprint density at radius 3 is 2.33 bits per heavy atom. The molecule has 0 saturated heterocycles. The summed E-state index contributed by atoms with van der Waals surface area (Å²) >= 11 is 0. The van der Waals surface area contributed by atoms with Gasteiger partial charge in [-0.05, 0) is 31.6 Å². The molecule has 0 aliphatic heterocycles.